The van der Waals surface area contributed by atoms with E-state index in [4.69, 9.17) is 4.74 Å². The van der Waals surface area contributed by atoms with Crippen molar-refractivity contribution in [2.24, 2.45) is 0 Å². The number of likely N-dealkylation sites (N-methyl/N-ethyl adjacent to an activating group) is 1. The summed E-state index contributed by atoms with van der Waals surface area (Å²) in [6.45, 7) is 8.89. The van der Waals surface area contributed by atoms with Crippen LogP contribution in [0.2, 0.25) is 0 Å². The summed E-state index contributed by atoms with van der Waals surface area (Å²) >= 11 is 3.32. The van der Waals surface area contributed by atoms with Gasteiger partial charge in [0.25, 0.3) is 0 Å². The van der Waals surface area contributed by atoms with Crippen LogP contribution in [0.1, 0.15) is 72.7 Å². The summed E-state index contributed by atoms with van der Waals surface area (Å²) in [5.74, 6) is 0.313. The van der Waals surface area contributed by atoms with Gasteiger partial charge in [-0.3, -0.25) is 4.79 Å². The molecule has 1 aliphatic heterocycles. The summed E-state index contributed by atoms with van der Waals surface area (Å²) in [6, 6.07) is 4.14. The van der Waals surface area contributed by atoms with Gasteiger partial charge in [0.15, 0.2) is 0 Å². The normalized spacial score (nSPS) is 16.9. The molecule has 0 radical (unpaired) electrons. The Morgan fingerprint density at radius 1 is 1.17 bits per heavy atom. The van der Waals surface area contributed by atoms with Gasteiger partial charge in [-0.2, -0.15) is 0 Å². The smallest absolute Gasteiger partial charge is 0.348 e. The Morgan fingerprint density at radius 2 is 1.94 bits per heavy atom. The van der Waals surface area contributed by atoms with Crippen molar-refractivity contribution < 1.29 is 14.3 Å². The number of esters is 1. The lowest BCUT2D eigenvalue weighted by Crippen LogP contribution is -2.40. The number of fused-ring (bicyclic) bond motifs is 5. The highest BCUT2D eigenvalue weighted by Gasteiger charge is 2.33. The molecule has 0 bridgehead atoms. The van der Waals surface area contributed by atoms with E-state index >= 15 is 0 Å². The van der Waals surface area contributed by atoms with Crippen LogP contribution in [0.25, 0.3) is 20.8 Å². The lowest BCUT2D eigenvalue weighted by molar-refractivity contribution is -0.132. The van der Waals surface area contributed by atoms with Gasteiger partial charge in [-0.25, -0.2) is 4.79 Å². The SMILES string of the molecule is CCN(CC)CCN1Cc2ccsc2-c2c(C3CCCCC3)c3sc(C(=O)OC)cc3n2CC1=O. The first-order chi connectivity index (χ1) is 17.0. The number of methoxy groups -OCH3 is 1. The van der Waals surface area contributed by atoms with Crippen LogP contribution in [-0.4, -0.2) is 59.5 Å². The zero-order valence-corrected chi connectivity index (χ0v) is 22.6. The van der Waals surface area contributed by atoms with Crippen LogP contribution in [0.5, 0.6) is 0 Å². The first kappa shape index (κ1) is 24.5. The molecular weight excluding hydrogens is 478 g/mol. The summed E-state index contributed by atoms with van der Waals surface area (Å²) in [7, 11) is 1.43. The number of hydrogen-bond acceptors (Lipinski definition) is 6. The second-order valence-electron chi connectivity index (χ2n) is 9.62. The maximum atomic E-state index is 13.7. The van der Waals surface area contributed by atoms with Crippen LogP contribution in [0, 0.1) is 0 Å². The van der Waals surface area contributed by atoms with E-state index < -0.39 is 0 Å². The van der Waals surface area contributed by atoms with E-state index in [1.54, 1.807) is 11.3 Å². The zero-order valence-electron chi connectivity index (χ0n) is 21.0. The quantitative estimate of drug-likeness (QED) is 0.367. The van der Waals surface area contributed by atoms with Crippen LogP contribution in [0.4, 0.5) is 0 Å². The topological polar surface area (TPSA) is 54.8 Å². The highest BCUT2D eigenvalue weighted by atomic mass is 32.1. The van der Waals surface area contributed by atoms with Crippen molar-refractivity contribution >= 4 is 44.8 Å². The fourth-order valence-corrected chi connectivity index (χ4v) is 7.92. The summed E-state index contributed by atoms with van der Waals surface area (Å²) in [6.07, 6.45) is 6.10. The van der Waals surface area contributed by atoms with E-state index in [0.717, 1.165) is 36.4 Å². The number of rotatable bonds is 7. The number of carbonyl (C=O) groups is 2. The number of aromatic nitrogens is 1. The third-order valence-electron chi connectivity index (χ3n) is 7.72. The van der Waals surface area contributed by atoms with Crippen LogP contribution in [0.3, 0.4) is 0 Å². The average Bonchev–Trinajstić information content (AvgIpc) is 3.57. The van der Waals surface area contributed by atoms with Crippen molar-refractivity contribution in [1.29, 1.82) is 0 Å². The molecule has 0 atom stereocenters. The number of nitrogens with zero attached hydrogens (tertiary/aromatic N) is 3. The van der Waals surface area contributed by atoms with Crippen molar-refractivity contribution in [3.8, 4) is 10.6 Å². The zero-order chi connectivity index (χ0) is 24.5. The van der Waals surface area contributed by atoms with Crippen molar-refractivity contribution in [1.82, 2.24) is 14.4 Å². The molecule has 6 nitrogen and oxygen atoms in total. The van der Waals surface area contributed by atoms with Gasteiger partial charge in [-0.15, -0.1) is 22.7 Å². The molecule has 0 N–H and O–H groups in total. The molecule has 1 saturated carbocycles. The van der Waals surface area contributed by atoms with Crippen LogP contribution in [-0.2, 0) is 22.6 Å². The van der Waals surface area contributed by atoms with E-state index in [9.17, 15) is 9.59 Å². The van der Waals surface area contributed by atoms with Crippen LogP contribution >= 0.6 is 22.7 Å². The Kier molecular flexibility index (Phi) is 7.32. The Morgan fingerprint density at radius 3 is 2.66 bits per heavy atom. The third kappa shape index (κ3) is 4.56. The maximum absolute atomic E-state index is 13.7. The Labute approximate surface area is 215 Å². The summed E-state index contributed by atoms with van der Waals surface area (Å²) < 4.78 is 8.43. The Hall–Kier alpha value is -2.16. The molecule has 35 heavy (non-hydrogen) atoms. The predicted octanol–water partition coefficient (Wildman–Crippen LogP) is 5.95. The molecule has 188 valence electrons. The molecular formula is C27H35N3O3S2. The second kappa shape index (κ2) is 10.4. The Balaban J connectivity index is 1.63. The minimum absolute atomic E-state index is 0.146. The first-order valence-corrected chi connectivity index (χ1v) is 14.6. The van der Waals surface area contributed by atoms with Crippen LogP contribution < -0.4 is 0 Å². The Bertz CT molecular complexity index is 1210. The second-order valence-corrected chi connectivity index (χ2v) is 11.6. The summed E-state index contributed by atoms with van der Waals surface area (Å²) in [5, 5.41) is 2.17. The molecule has 1 aliphatic carbocycles. The lowest BCUT2D eigenvalue weighted by Gasteiger charge is -2.30. The predicted molar refractivity (Wildman–Crippen MR) is 143 cm³/mol. The van der Waals surface area contributed by atoms with E-state index in [0.29, 0.717) is 23.9 Å². The summed E-state index contributed by atoms with van der Waals surface area (Å²) in [4.78, 5) is 32.4. The van der Waals surface area contributed by atoms with E-state index in [2.05, 4.69) is 34.8 Å². The van der Waals surface area contributed by atoms with E-state index in [1.807, 2.05) is 11.0 Å². The molecule has 1 amide bonds. The van der Waals surface area contributed by atoms with Crippen molar-refractivity contribution in [2.45, 2.75) is 65.0 Å². The minimum Gasteiger partial charge on any atom is -0.465 e. The molecule has 0 saturated heterocycles. The summed E-state index contributed by atoms with van der Waals surface area (Å²) in [5.41, 5.74) is 4.81. The van der Waals surface area contributed by atoms with Gasteiger partial charge in [0.2, 0.25) is 5.91 Å². The molecule has 0 spiro atoms. The highest BCUT2D eigenvalue weighted by molar-refractivity contribution is 7.21. The van der Waals surface area contributed by atoms with Gasteiger partial charge in [0.05, 0.1) is 27.9 Å². The van der Waals surface area contributed by atoms with Crippen molar-refractivity contribution in [3.63, 3.8) is 0 Å². The molecule has 2 aliphatic rings. The minimum atomic E-state index is -0.301. The lowest BCUT2D eigenvalue weighted by atomic mass is 9.83. The molecule has 3 aromatic rings. The fourth-order valence-electron chi connectivity index (χ4n) is 5.73. The van der Waals surface area contributed by atoms with E-state index in [-0.39, 0.29) is 11.9 Å². The largest absolute Gasteiger partial charge is 0.465 e. The average molecular weight is 514 g/mol. The number of ether oxygens (including phenoxy) is 1. The van der Waals surface area contributed by atoms with Gasteiger partial charge < -0.3 is 19.1 Å². The maximum Gasteiger partial charge on any atom is 0.348 e. The third-order valence-corrected chi connectivity index (χ3v) is 9.82. The number of amides is 1. The molecule has 5 rings (SSSR count). The van der Waals surface area contributed by atoms with Crippen LogP contribution in [0.15, 0.2) is 17.5 Å². The van der Waals surface area contributed by atoms with Crippen molar-refractivity contribution in [2.75, 3.05) is 33.3 Å². The molecule has 8 heteroatoms. The first-order valence-electron chi connectivity index (χ1n) is 12.9. The molecule has 3 aromatic heterocycles. The number of hydrogen-bond donors (Lipinski definition) is 0. The number of thiophene rings is 2. The molecule has 1 fully saturated rings. The van der Waals surface area contributed by atoms with Gasteiger partial charge in [-0.1, -0.05) is 33.1 Å². The van der Waals surface area contributed by atoms with Gasteiger partial charge in [-0.05, 0) is 60.5 Å². The molecule has 0 aromatic carbocycles. The fraction of sp³-hybridized carbons (Fsp3) is 0.556. The van der Waals surface area contributed by atoms with E-state index in [1.165, 1.54) is 72.2 Å². The van der Waals surface area contributed by atoms with Gasteiger partial charge >= 0.3 is 5.97 Å². The standard InChI is InChI=1S/C27H35N3O3S2/c1-4-28(5-2)12-13-29-16-19-11-14-34-25(19)24-23(18-9-7-6-8-10-18)26-20(30(24)17-22(29)31)15-21(35-26)27(32)33-3/h11,14-15,18H,4-10,12-13,16-17H2,1-3H3. The molecule has 0 unspecified atom stereocenters. The monoisotopic (exact) mass is 513 g/mol. The van der Waals surface area contributed by atoms with Gasteiger partial charge in [0.1, 0.15) is 11.4 Å². The van der Waals surface area contributed by atoms with Crippen molar-refractivity contribution in [3.05, 3.63) is 33.5 Å². The highest BCUT2D eigenvalue weighted by Crippen LogP contribution is 2.49. The number of carbonyl (C=O) groups excluding carboxylic acids is 2. The van der Waals surface area contributed by atoms with Gasteiger partial charge in [0, 0.05) is 19.6 Å². The molecule has 4 heterocycles.